The highest BCUT2D eigenvalue weighted by Crippen LogP contribution is 2.38. The summed E-state index contributed by atoms with van der Waals surface area (Å²) in [6.07, 6.45) is 0. The van der Waals surface area contributed by atoms with Crippen molar-refractivity contribution in [3.8, 4) is 0 Å². The second-order valence-electron chi connectivity index (χ2n) is 5.75. The van der Waals surface area contributed by atoms with Gasteiger partial charge in [0.1, 0.15) is 0 Å². The van der Waals surface area contributed by atoms with Crippen molar-refractivity contribution >= 4 is 5.97 Å². The van der Waals surface area contributed by atoms with Gasteiger partial charge in [0, 0.05) is 0 Å². The quantitative estimate of drug-likeness (QED) is 0.891. The molecule has 1 aromatic carbocycles. The van der Waals surface area contributed by atoms with Crippen molar-refractivity contribution in [2.45, 2.75) is 33.7 Å². The molecule has 3 heteroatoms. The van der Waals surface area contributed by atoms with Crippen LogP contribution in [0.2, 0.25) is 0 Å². The van der Waals surface area contributed by atoms with Gasteiger partial charge in [-0.05, 0) is 52.9 Å². The minimum Gasteiger partial charge on any atom is -0.481 e. The van der Waals surface area contributed by atoms with Gasteiger partial charge in [0.25, 0.3) is 0 Å². The maximum atomic E-state index is 11.5. The molecule has 0 bridgehead atoms. The fourth-order valence-electron chi connectivity index (χ4n) is 2.56. The van der Waals surface area contributed by atoms with Crippen molar-refractivity contribution in [1.82, 2.24) is 4.90 Å². The average Bonchev–Trinajstić information content (AvgIpc) is 2.20. The molecule has 0 spiro atoms. The molecule has 0 aliphatic carbocycles. The molecular weight excluding hydrogens is 226 g/mol. The van der Waals surface area contributed by atoms with Gasteiger partial charge in [-0.2, -0.15) is 0 Å². The standard InChI is InChI=1S/C15H23NO2/c1-10-7-8-12(11(2)9-10)13(16(5)6)15(3,4)14(17)18/h7-9,13H,1-6H3,(H,17,18). The molecule has 1 N–H and O–H groups in total. The van der Waals surface area contributed by atoms with E-state index < -0.39 is 11.4 Å². The highest BCUT2D eigenvalue weighted by Gasteiger charge is 2.39. The van der Waals surface area contributed by atoms with Crippen LogP contribution in [0, 0.1) is 19.3 Å². The molecule has 0 amide bonds. The van der Waals surface area contributed by atoms with Gasteiger partial charge < -0.3 is 10.0 Å². The molecule has 0 aliphatic rings. The van der Waals surface area contributed by atoms with E-state index in [4.69, 9.17) is 0 Å². The minimum absolute atomic E-state index is 0.143. The first-order valence-corrected chi connectivity index (χ1v) is 6.15. The van der Waals surface area contributed by atoms with Gasteiger partial charge in [0.05, 0.1) is 11.5 Å². The zero-order valence-corrected chi connectivity index (χ0v) is 12.1. The molecule has 0 saturated carbocycles. The summed E-state index contributed by atoms with van der Waals surface area (Å²) >= 11 is 0. The van der Waals surface area contributed by atoms with Crippen molar-refractivity contribution < 1.29 is 9.90 Å². The summed E-state index contributed by atoms with van der Waals surface area (Å²) in [5.41, 5.74) is 2.59. The first-order valence-electron chi connectivity index (χ1n) is 6.15. The summed E-state index contributed by atoms with van der Waals surface area (Å²) in [6.45, 7) is 7.64. The number of rotatable bonds is 4. The minimum atomic E-state index is -0.830. The summed E-state index contributed by atoms with van der Waals surface area (Å²) in [5, 5.41) is 9.44. The number of aliphatic carboxylic acids is 1. The number of carboxylic acids is 1. The highest BCUT2D eigenvalue weighted by atomic mass is 16.4. The Morgan fingerprint density at radius 1 is 1.28 bits per heavy atom. The fourth-order valence-corrected chi connectivity index (χ4v) is 2.56. The molecule has 0 heterocycles. The number of benzene rings is 1. The Bertz CT molecular complexity index is 450. The van der Waals surface area contributed by atoms with E-state index in [1.807, 2.05) is 45.0 Å². The van der Waals surface area contributed by atoms with Crippen LogP contribution < -0.4 is 0 Å². The Hall–Kier alpha value is -1.35. The summed E-state index contributed by atoms with van der Waals surface area (Å²) in [7, 11) is 3.85. The van der Waals surface area contributed by atoms with Crippen LogP contribution in [-0.4, -0.2) is 30.1 Å². The second-order valence-corrected chi connectivity index (χ2v) is 5.75. The van der Waals surface area contributed by atoms with Crippen LogP contribution in [0.25, 0.3) is 0 Å². The Morgan fingerprint density at radius 2 is 1.83 bits per heavy atom. The smallest absolute Gasteiger partial charge is 0.311 e. The second kappa shape index (κ2) is 5.11. The van der Waals surface area contributed by atoms with Crippen LogP contribution >= 0.6 is 0 Å². The first-order chi connectivity index (χ1) is 8.17. The molecule has 1 rings (SSSR count). The molecule has 0 radical (unpaired) electrons. The van der Waals surface area contributed by atoms with E-state index >= 15 is 0 Å². The molecule has 3 nitrogen and oxygen atoms in total. The molecule has 0 saturated heterocycles. The highest BCUT2D eigenvalue weighted by molar-refractivity contribution is 5.75. The topological polar surface area (TPSA) is 40.5 Å². The van der Waals surface area contributed by atoms with Crippen LogP contribution in [0.1, 0.15) is 36.6 Å². The molecule has 1 atom stereocenters. The van der Waals surface area contributed by atoms with Crippen LogP contribution in [-0.2, 0) is 4.79 Å². The lowest BCUT2D eigenvalue weighted by atomic mass is 9.78. The third-order valence-electron chi connectivity index (χ3n) is 3.47. The van der Waals surface area contributed by atoms with E-state index in [-0.39, 0.29) is 6.04 Å². The largest absolute Gasteiger partial charge is 0.481 e. The number of carboxylic acid groups (broad SMARTS) is 1. The van der Waals surface area contributed by atoms with Crippen LogP contribution in [0.3, 0.4) is 0 Å². The molecule has 0 aliphatic heterocycles. The molecular formula is C15H23NO2. The normalized spacial score (nSPS) is 13.7. The van der Waals surface area contributed by atoms with Crippen molar-refractivity contribution in [1.29, 1.82) is 0 Å². The van der Waals surface area contributed by atoms with Gasteiger partial charge >= 0.3 is 5.97 Å². The maximum Gasteiger partial charge on any atom is 0.311 e. The van der Waals surface area contributed by atoms with Crippen molar-refractivity contribution in [3.63, 3.8) is 0 Å². The Balaban J connectivity index is 3.34. The van der Waals surface area contributed by atoms with Gasteiger partial charge in [0.15, 0.2) is 0 Å². The first kappa shape index (κ1) is 14.7. The van der Waals surface area contributed by atoms with E-state index in [9.17, 15) is 9.90 Å². The third-order valence-corrected chi connectivity index (χ3v) is 3.47. The fraction of sp³-hybridized carbons (Fsp3) is 0.533. The van der Waals surface area contributed by atoms with E-state index in [2.05, 4.69) is 6.07 Å². The van der Waals surface area contributed by atoms with Gasteiger partial charge in [0.2, 0.25) is 0 Å². The van der Waals surface area contributed by atoms with Gasteiger partial charge in [-0.15, -0.1) is 0 Å². The van der Waals surface area contributed by atoms with Gasteiger partial charge in [-0.1, -0.05) is 23.8 Å². The molecule has 1 aromatic rings. The zero-order valence-electron chi connectivity index (χ0n) is 12.1. The summed E-state index contributed by atoms with van der Waals surface area (Å²) in [6, 6.07) is 6.04. The van der Waals surface area contributed by atoms with Crippen LogP contribution in [0.4, 0.5) is 0 Å². The van der Waals surface area contributed by atoms with Crippen molar-refractivity contribution in [3.05, 3.63) is 34.9 Å². The molecule has 100 valence electrons. The van der Waals surface area contributed by atoms with Crippen LogP contribution in [0.5, 0.6) is 0 Å². The lowest BCUT2D eigenvalue weighted by Gasteiger charge is -2.36. The average molecular weight is 249 g/mol. The summed E-state index contributed by atoms with van der Waals surface area (Å²) in [5.74, 6) is -0.777. The Labute approximate surface area is 109 Å². The van der Waals surface area contributed by atoms with Gasteiger partial charge in [-0.25, -0.2) is 0 Å². The Morgan fingerprint density at radius 3 is 2.22 bits per heavy atom. The maximum absolute atomic E-state index is 11.5. The molecule has 0 fully saturated rings. The lowest BCUT2D eigenvalue weighted by molar-refractivity contribution is -0.150. The SMILES string of the molecule is Cc1ccc(C(N(C)C)C(C)(C)C(=O)O)c(C)c1. The van der Waals surface area contributed by atoms with E-state index in [1.54, 1.807) is 13.8 Å². The third kappa shape index (κ3) is 2.72. The Kier molecular flexibility index (Phi) is 4.17. The molecule has 18 heavy (non-hydrogen) atoms. The van der Waals surface area contributed by atoms with Crippen molar-refractivity contribution in [2.24, 2.45) is 5.41 Å². The number of aryl methyl sites for hydroxylation is 2. The molecule has 1 unspecified atom stereocenters. The summed E-state index contributed by atoms with van der Waals surface area (Å²) < 4.78 is 0. The number of hydrogen-bond acceptors (Lipinski definition) is 2. The van der Waals surface area contributed by atoms with E-state index in [1.165, 1.54) is 5.56 Å². The number of nitrogens with zero attached hydrogens (tertiary/aromatic N) is 1. The number of carbonyl (C=O) groups is 1. The molecule has 0 aromatic heterocycles. The predicted octanol–water partition coefficient (Wildman–Crippen LogP) is 3.02. The summed E-state index contributed by atoms with van der Waals surface area (Å²) in [4.78, 5) is 13.5. The predicted molar refractivity (Wildman–Crippen MR) is 73.8 cm³/mol. The van der Waals surface area contributed by atoms with E-state index in [0.29, 0.717) is 0 Å². The lowest BCUT2D eigenvalue weighted by Crippen LogP contribution is -2.39. The zero-order chi connectivity index (χ0) is 14.1. The van der Waals surface area contributed by atoms with Crippen LogP contribution in [0.15, 0.2) is 18.2 Å². The van der Waals surface area contributed by atoms with Crippen molar-refractivity contribution in [2.75, 3.05) is 14.1 Å². The monoisotopic (exact) mass is 249 g/mol. The van der Waals surface area contributed by atoms with E-state index in [0.717, 1.165) is 11.1 Å². The van der Waals surface area contributed by atoms with Gasteiger partial charge in [-0.3, -0.25) is 4.79 Å². The number of hydrogen-bond donors (Lipinski definition) is 1.